The summed E-state index contributed by atoms with van der Waals surface area (Å²) in [5.74, 6) is -1.94. The highest BCUT2D eigenvalue weighted by Gasteiger charge is 2.35. The van der Waals surface area contributed by atoms with Crippen LogP contribution in [0.4, 0.5) is 0 Å². The number of ether oxygens (including phenoxy) is 1. The molecule has 1 aromatic heterocycles. The molecule has 4 rings (SSSR count). The first kappa shape index (κ1) is 29.9. The van der Waals surface area contributed by atoms with Crippen molar-refractivity contribution in [2.24, 2.45) is 11.3 Å². The molecule has 12 heteroatoms. The van der Waals surface area contributed by atoms with Gasteiger partial charge in [-0.05, 0) is 64.2 Å². The average Bonchev–Trinajstić information content (AvgIpc) is 2.93. The minimum absolute atomic E-state index is 0.183. The Morgan fingerprint density at radius 1 is 1.07 bits per heavy atom. The first-order valence-electron chi connectivity index (χ1n) is 13.9. The standard InChI is InChI=1S/C29H38N6O6/c1-15(2)22-25(37)30-16(3)26(38)35-13-7-8-20(34-35)27(39)41-17(4)23-31-21-14-18(9-10-19(21)24(36)33-23)11-12-29(5,6)28(40)32-22/h9-12,14-17,20,22,34H,7-8,13H2,1-6H3,(H,30,37)(H,32,40)(H,31,33,36)/b12-11+/t16-,17-,20?,22+/m1/s1. The predicted octanol–water partition coefficient (Wildman–Crippen LogP) is 1.72. The number of fused-ring (bicyclic) bond motifs is 4. The van der Waals surface area contributed by atoms with Crippen molar-refractivity contribution < 1.29 is 23.9 Å². The summed E-state index contributed by atoms with van der Waals surface area (Å²) >= 11 is 0. The topological polar surface area (TPSA) is 163 Å². The molecule has 12 nitrogen and oxygen atoms in total. The quantitative estimate of drug-likeness (QED) is 0.379. The number of nitrogens with one attached hydrogen (secondary N) is 4. The lowest BCUT2D eigenvalue weighted by molar-refractivity contribution is -0.157. The number of hydrazine groups is 1. The van der Waals surface area contributed by atoms with Crippen LogP contribution in [0.5, 0.6) is 0 Å². The maximum atomic E-state index is 13.3. The second-order valence-corrected chi connectivity index (χ2v) is 11.6. The van der Waals surface area contributed by atoms with Gasteiger partial charge in [-0.25, -0.2) is 10.4 Å². The number of carbonyl (C=O) groups excluding carboxylic acids is 4. The molecule has 4 atom stereocenters. The van der Waals surface area contributed by atoms with E-state index in [-0.39, 0.29) is 23.2 Å². The number of amides is 3. The number of benzene rings is 1. The van der Waals surface area contributed by atoms with E-state index in [1.165, 1.54) is 5.01 Å². The fourth-order valence-corrected chi connectivity index (χ4v) is 4.74. The molecule has 1 fully saturated rings. The molecule has 41 heavy (non-hydrogen) atoms. The molecule has 0 aliphatic carbocycles. The average molecular weight is 567 g/mol. The third-order valence-electron chi connectivity index (χ3n) is 7.41. The molecule has 0 radical (unpaired) electrons. The van der Waals surface area contributed by atoms with Crippen molar-refractivity contribution in [3.63, 3.8) is 0 Å². The van der Waals surface area contributed by atoms with Gasteiger partial charge in [0.25, 0.3) is 11.5 Å². The van der Waals surface area contributed by atoms with E-state index in [1.807, 2.05) is 13.8 Å². The van der Waals surface area contributed by atoms with Gasteiger partial charge in [0.1, 0.15) is 18.1 Å². The fourth-order valence-electron chi connectivity index (χ4n) is 4.74. The Hall–Kier alpha value is -4.06. The Morgan fingerprint density at radius 2 is 1.80 bits per heavy atom. The van der Waals surface area contributed by atoms with Crippen LogP contribution in [0.2, 0.25) is 0 Å². The first-order chi connectivity index (χ1) is 19.3. The molecule has 1 unspecified atom stereocenters. The van der Waals surface area contributed by atoms with E-state index >= 15 is 0 Å². The summed E-state index contributed by atoms with van der Waals surface area (Å²) in [4.78, 5) is 72.7. The molecular formula is C29H38N6O6. The Morgan fingerprint density at radius 3 is 2.51 bits per heavy atom. The molecule has 0 spiro atoms. The van der Waals surface area contributed by atoms with Crippen LogP contribution in [0.1, 0.15) is 71.9 Å². The van der Waals surface area contributed by atoms with Gasteiger partial charge in [0.15, 0.2) is 11.9 Å². The summed E-state index contributed by atoms with van der Waals surface area (Å²) in [6, 6.07) is 2.49. The van der Waals surface area contributed by atoms with Crippen molar-refractivity contribution in [2.75, 3.05) is 6.54 Å². The van der Waals surface area contributed by atoms with Gasteiger partial charge in [-0.15, -0.1) is 0 Å². The highest BCUT2D eigenvalue weighted by atomic mass is 16.5. The molecule has 1 aromatic carbocycles. The number of hydrogen-bond acceptors (Lipinski definition) is 8. The van der Waals surface area contributed by atoms with Crippen LogP contribution in [-0.2, 0) is 23.9 Å². The third kappa shape index (κ3) is 6.64. The lowest BCUT2D eigenvalue weighted by Gasteiger charge is -2.35. The van der Waals surface area contributed by atoms with Crippen LogP contribution in [-0.4, -0.2) is 63.3 Å². The molecule has 1 saturated heterocycles. The Kier molecular flexibility index (Phi) is 8.62. The molecule has 3 amide bonds. The zero-order valence-electron chi connectivity index (χ0n) is 24.2. The van der Waals surface area contributed by atoms with Crippen LogP contribution in [0.25, 0.3) is 17.0 Å². The van der Waals surface area contributed by atoms with Gasteiger partial charge in [-0.3, -0.25) is 29.0 Å². The first-order valence-corrected chi connectivity index (χ1v) is 13.9. The molecule has 5 bridgehead atoms. The number of H-pyrrole nitrogens is 1. The smallest absolute Gasteiger partial charge is 0.325 e. The van der Waals surface area contributed by atoms with Crippen LogP contribution in [0.3, 0.4) is 0 Å². The van der Waals surface area contributed by atoms with Gasteiger partial charge < -0.3 is 20.4 Å². The van der Waals surface area contributed by atoms with E-state index in [2.05, 4.69) is 26.0 Å². The Bertz CT molecular complexity index is 1450. The number of aromatic nitrogens is 2. The van der Waals surface area contributed by atoms with Crippen molar-refractivity contribution in [3.8, 4) is 0 Å². The van der Waals surface area contributed by atoms with Gasteiger partial charge in [-0.1, -0.05) is 32.1 Å². The second kappa shape index (κ2) is 11.8. The monoisotopic (exact) mass is 566 g/mol. The Labute approximate surface area is 238 Å². The van der Waals surface area contributed by atoms with E-state index in [9.17, 15) is 24.0 Å². The van der Waals surface area contributed by atoms with Gasteiger partial charge in [0.2, 0.25) is 11.8 Å². The summed E-state index contributed by atoms with van der Waals surface area (Å²) in [6.45, 7) is 10.6. The number of cyclic esters (lactones) is 1. The summed E-state index contributed by atoms with van der Waals surface area (Å²) in [6.07, 6.45) is 3.57. The number of aromatic amines is 1. The van der Waals surface area contributed by atoms with Crippen LogP contribution in [0, 0.1) is 11.3 Å². The number of carbonyl (C=O) groups is 4. The highest BCUT2D eigenvalue weighted by Crippen LogP contribution is 2.23. The van der Waals surface area contributed by atoms with Crippen molar-refractivity contribution in [1.29, 1.82) is 0 Å². The SMILES string of the molecule is CC(C)[C@@H]1NC(=O)C(C)(C)/C=C/c2ccc3c(=O)[nH]c(nc3c2)[C@@H](C)OC(=O)C2CCCN(N2)C(=O)[C@@H](C)NC1=O. The van der Waals surface area contributed by atoms with Crippen LogP contribution < -0.4 is 21.6 Å². The largest absolute Gasteiger partial charge is 0.453 e. The van der Waals surface area contributed by atoms with Gasteiger partial charge in [0.05, 0.1) is 16.3 Å². The van der Waals surface area contributed by atoms with Crippen molar-refractivity contribution in [1.82, 2.24) is 31.0 Å². The zero-order chi connectivity index (χ0) is 30.1. The maximum absolute atomic E-state index is 13.3. The van der Waals surface area contributed by atoms with Crippen molar-refractivity contribution >= 4 is 40.7 Å². The van der Waals surface area contributed by atoms with Gasteiger partial charge in [0, 0.05) is 6.54 Å². The molecule has 2 aliphatic heterocycles. The number of esters is 1. The lowest BCUT2D eigenvalue weighted by Crippen LogP contribution is -2.61. The summed E-state index contributed by atoms with van der Waals surface area (Å²) in [5, 5.41) is 7.22. The third-order valence-corrected chi connectivity index (χ3v) is 7.41. The van der Waals surface area contributed by atoms with E-state index in [4.69, 9.17) is 4.74 Å². The molecule has 3 heterocycles. The van der Waals surface area contributed by atoms with Crippen molar-refractivity contribution in [2.45, 2.75) is 78.6 Å². The normalized spacial score (nSPS) is 26.9. The van der Waals surface area contributed by atoms with E-state index in [1.54, 1.807) is 58.0 Å². The van der Waals surface area contributed by atoms with Crippen molar-refractivity contribution in [3.05, 3.63) is 46.0 Å². The minimum atomic E-state index is -0.995. The predicted molar refractivity (Wildman–Crippen MR) is 152 cm³/mol. The summed E-state index contributed by atoms with van der Waals surface area (Å²) < 4.78 is 5.63. The molecule has 4 N–H and O–H groups in total. The van der Waals surface area contributed by atoms with Crippen LogP contribution >= 0.6 is 0 Å². The van der Waals surface area contributed by atoms with Crippen LogP contribution in [0.15, 0.2) is 29.1 Å². The van der Waals surface area contributed by atoms with Gasteiger partial charge in [-0.2, -0.15) is 0 Å². The van der Waals surface area contributed by atoms with Gasteiger partial charge >= 0.3 is 5.97 Å². The minimum Gasteiger partial charge on any atom is -0.453 e. The number of rotatable bonds is 1. The number of hydrogen-bond donors (Lipinski definition) is 4. The molecule has 2 aromatic rings. The fraction of sp³-hybridized carbons (Fsp3) is 0.517. The summed E-state index contributed by atoms with van der Waals surface area (Å²) in [5.41, 5.74) is 2.65. The Balaban J connectivity index is 1.74. The second-order valence-electron chi connectivity index (χ2n) is 11.6. The lowest BCUT2D eigenvalue weighted by atomic mass is 9.89. The van der Waals surface area contributed by atoms with E-state index in [0.29, 0.717) is 35.9 Å². The molecule has 2 aliphatic rings. The zero-order valence-corrected chi connectivity index (χ0v) is 24.2. The highest BCUT2D eigenvalue weighted by molar-refractivity contribution is 5.94. The van der Waals surface area contributed by atoms with E-state index < -0.39 is 47.4 Å². The summed E-state index contributed by atoms with van der Waals surface area (Å²) in [7, 11) is 0. The molecule has 220 valence electrons. The molecular weight excluding hydrogens is 528 g/mol. The molecule has 0 saturated carbocycles. The number of nitrogens with zero attached hydrogens (tertiary/aromatic N) is 2. The maximum Gasteiger partial charge on any atom is 0.325 e. The van der Waals surface area contributed by atoms with E-state index in [0.717, 1.165) is 0 Å².